The van der Waals surface area contributed by atoms with Crippen LogP contribution in [0.15, 0.2) is 48.5 Å². The van der Waals surface area contributed by atoms with E-state index < -0.39 is 0 Å². The third-order valence-corrected chi connectivity index (χ3v) is 5.41. The van der Waals surface area contributed by atoms with Crippen molar-refractivity contribution in [3.05, 3.63) is 58.6 Å². The van der Waals surface area contributed by atoms with E-state index in [-0.39, 0.29) is 31.4 Å². The molecule has 1 saturated heterocycles. The van der Waals surface area contributed by atoms with Crippen LogP contribution in [0.1, 0.15) is 6.42 Å². The van der Waals surface area contributed by atoms with E-state index in [9.17, 15) is 9.59 Å². The third kappa shape index (κ3) is 6.27. The fourth-order valence-corrected chi connectivity index (χ4v) is 3.37. The van der Waals surface area contributed by atoms with Crippen molar-refractivity contribution >= 4 is 40.7 Å². The van der Waals surface area contributed by atoms with Crippen LogP contribution in [0.4, 0.5) is 5.69 Å². The smallest absolute Gasteiger partial charge is 0.257 e. The molecule has 0 spiro atoms. The maximum Gasteiger partial charge on any atom is 0.257 e. The van der Waals surface area contributed by atoms with Gasteiger partial charge in [0.1, 0.15) is 5.75 Å². The van der Waals surface area contributed by atoms with Gasteiger partial charge in [-0.2, -0.15) is 0 Å². The molecule has 1 heterocycles. The largest absolute Gasteiger partial charge is 0.484 e. The van der Waals surface area contributed by atoms with Crippen LogP contribution in [-0.4, -0.2) is 56.0 Å². The second kappa shape index (κ2) is 10.4. The molecule has 1 aliphatic rings. The van der Waals surface area contributed by atoms with Gasteiger partial charge in [0.05, 0.1) is 10.0 Å². The Bertz CT molecular complexity index is 840. The van der Waals surface area contributed by atoms with Gasteiger partial charge < -0.3 is 19.9 Å². The second-order valence-corrected chi connectivity index (χ2v) is 7.48. The lowest BCUT2D eigenvalue weighted by atomic mass is 10.2. The number of carbonyl (C=O) groups excluding carboxylic acids is 2. The molecule has 3 rings (SSSR count). The van der Waals surface area contributed by atoms with Crippen LogP contribution < -0.4 is 15.0 Å². The molecule has 0 radical (unpaired) electrons. The van der Waals surface area contributed by atoms with Crippen LogP contribution in [0.5, 0.6) is 5.75 Å². The molecule has 29 heavy (non-hydrogen) atoms. The molecule has 0 aromatic heterocycles. The number of amides is 2. The Morgan fingerprint density at radius 3 is 2.38 bits per heavy atom. The molecule has 8 heteroatoms. The molecule has 0 atom stereocenters. The number of carbonyl (C=O) groups is 2. The highest BCUT2D eigenvalue weighted by atomic mass is 35.5. The van der Waals surface area contributed by atoms with Crippen molar-refractivity contribution in [1.29, 1.82) is 0 Å². The molecule has 0 aliphatic carbocycles. The molecule has 2 amide bonds. The lowest BCUT2D eigenvalue weighted by Gasteiger charge is -2.36. The topological polar surface area (TPSA) is 61.9 Å². The number of rotatable bonds is 7. The quantitative estimate of drug-likeness (QED) is 0.724. The number of nitrogens with zero attached hydrogens (tertiary/aromatic N) is 2. The first-order valence-electron chi connectivity index (χ1n) is 9.45. The summed E-state index contributed by atoms with van der Waals surface area (Å²) in [6.07, 6.45) is 0.268. The molecule has 0 saturated carbocycles. The summed E-state index contributed by atoms with van der Waals surface area (Å²) < 4.78 is 5.38. The Labute approximate surface area is 180 Å². The molecule has 1 N–H and O–H groups in total. The zero-order valence-electron chi connectivity index (χ0n) is 15.9. The van der Waals surface area contributed by atoms with E-state index in [0.29, 0.717) is 28.9 Å². The predicted molar refractivity (Wildman–Crippen MR) is 115 cm³/mol. The Hall–Kier alpha value is -2.44. The number of para-hydroxylation sites is 1. The molecule has 1 fully saturated rings. The summed E-state index contributed by atoms with van der Waals surface area (Å²) in [6.45, 7) is 3.10. The van der Waals surface area contributed by atoms with Crippen molar-refractivity contribution in [1.82, 2.24) is 10.2 Å². The number of hydrogen-bond donors (Lipinski definition) is 1. The van der Waals surface area contributed by atoms with Crippen LogP contribution >= 0.6 is 23.2 Å². The molecule has 2 aromatic carbocycles. The van der Waals surface area contributed by atoms with E-state index >= 15 is 0 Å². The van der Waals surface area contributed by atoms with Gasteiger partial charge in [-0.3, -0.25) is 9.59 Å². The molecular formula is C21H23Cl2N3O3. The van der Waals surface area contributed by atoms with Crippen LogP contribution in [0.2, 0.25) is 10.0 Å². The average Bonchev–Trinajstić information content (AvgIpc) is 2.75. The van der Waals surface area contributed by atoms with Crippen molar-refractivity contribution in [2.45, 2.75) is 6.42 Å². The minimum absolute atomic E-state index is 0.0448. The van der Waals surface area contributed by atoms with E-state index in [1.165, 1.54) is 5.69 Å². The van der Waals surface area contributed by atoms with Crippen molar-refractivity contribution in [3.63, 3.8) is 0 Å². The number of piperazine rings is 1. The van der Waals surface area contributed by atoms with Gasteiger partial charge in [0.15, 0.2) is 6.61 Å². The third-order valence-electron chi connectivity index (χ3n) is 4.68. The standard InChI is InChI=1S/C21H23Cl2N3O3/c22-18-7-6-17(14-19(18)23)29-15-20(27)24-9-8-21(28)26-12-10-25(11-13-26)16-4-2-1-3-5-16/h1-7,14H,8-13,15H2,(H,24,27). The normalized spacial score (nSPS) is 13.9. The number of anilines is 1. The molecule has 0 bridgehead atoms. The van der Waals surface area contributed by atoms with E-state index in [1.807, 2.05) is 23.1 Å². The molecule has 154 valence electrons. The molecule has 0 unspecified atom stereocenters. The average molecular weight is 436 g/mol. The van der Waals surface area contributed by atoms with Gasteiger partial charge in [0.2, 0.25) is 5.91 Å². The number of benzene rings is 2. The van der Waals surface area contributed by atoms with Gasteiger partial charge in [-0.1, -0.05) is 41.4 Å². The fourth-order valence-electron chi connectivity index (χ4n) is 3.09. The fraction of sp³-hybridized carbons (Fsp3) is 0.333. The lowest BCUT2D eigenvalue weighted by molar-refractivity contribution is -0.131. The minimum Gasteiger partial charge on any atom is -0.484 e. The summed E-state index contributed by atoms with van der Waals surface area (Å²) in [7, 11) is 0. The van der Waals surface area contributed by atoms with Gasteiger partial charge in [0, 0.05) is 50.9 Å². The summed E-state index contributed by atoms with van der Waals surface area (Å²) in [6, 6.07) is 15.0. The van der Waals surface area contributed by atoms with Crippen molar-refractivity contribution in [2.24, 2.45) is 0 Å². The van der Waals surface area contributed by atoms with Crippen LogP contribution in [0.3, 0.4) is 0 Å². The van der Waals surface area contributed by atoms with E-state index in [4.69, 9.17) is 27.9 Å². The number of halogens is 2. The Morgan fingerprint density at radius 2 is 1.69 bits per heavy atom. The van der Waals surface area contributed by atoms with Gasteiger partial charge in [0.25, 0.3) is 5.91 Å². The van der Waals surface area contributed by atoms with E-state index in [1.54, 1.807) is 18.2 Å². The summed E-state index contributed by atoms with van der Waals surface area (Å²) in [5, 5.41) is 3.49. The van der Waals surface area contributed by atoms with Crippen LogP contribution in [0.25, 0.3) is 0 Å². The zero-order valence-corrected chi connectivity index (χ0v) is 17.5. The molecule has 2 aromatic rings. The van der Waals surface area contributed by atoms with Gasteiger partial charge >= 0.3 is 0 Å². The van der Waals surface area contributed by atoms with Crippen molar-refractivity contribution in [3.8, 4) is 5.75 Å². The van der Waals surface area contributed by atoms with Gasteiger partial charge in [-0.15, -0.1) is 0 Å². The summed E-state index contributed by atoms with van der Waals surface area (Å²) in [5.41, 5.74) is 1.17. The summed E-state index contributed by atoms with van der Waals surface area (Å²) >= 11 is 11.7. The highest BCUT2D eigenvalue weighted by Gasteiger charge is 2.21. The van der Waals surface area contributed by atoms with Gasteiger partial charge in [-0.05, 0) is 24.3 Å². The number of hydrogen-bond acceptors (Lipinski definition) is 4. The molecule has 1 aliphatic heterocycles. The SMILES string of the molecule is O=C(COc1ccc(Cl)c(Cl)c1)NCCC(=O)N1CCN(c2ccccc2)CC1. The minimum atomic E-state index is -0.294. The lowest BCUT2D eigenvalue weighted by Crippen LogP contribution is -2.49. The maximum atomic E-state index is 12.4. The van der Waals surface area contributed by atoms with E-state index in [0.717, 1.165) is 13.1 Å². The predicted octanol–water partition coefficient (Wildman–Crippen LogP) is 3.23. The second-order valence-electron chi connectivity index (χ2n) is 6.67. The zero-order chi connectivity index (χ0) is 20.6. The first kappa shape index (κ1) is 21.3. The molecule has 6 nitrogen and oxygen atoms in total. The summed E-state index contributed by atoms with van der Waals surface area (Å²) in [4.78, 5) is 28.4. The Kier molecular flexibility index (Phi) is 7.61. The monoisotopic (exact) mass is 435 g/mol. The van der Waals surface area contributed by atoms with Crippen LogP contribution in [0, 0.1) is 0 Å². The first-order valence-corrected chi connectivity index (χ1v) is 10.2. The van der Waals surface area contributed by atoms with Gasteiger partial charge in [-0.25, -0.2) is 0 Å². The Morgan fingerprint density at radius 1 is 0.966 bits per heavy atom. The summed E-state index contributed by atoms with van der Waals surface area (Å²) in [5.74, 6) is 0.211. The Balaban J connectivity index is 1.33. The van der Waals surface area contributed by atoms with Crippen molar-refractivity contribution < 1.29 is 14.3 Å². The number of ether oxygens (including phenoxy) is 1. The highest BCUT2D eigenvalue weighted by molar-refractivity contribution is 6.42. The van der Waals surface area contributed by atoms with E-state index in [2.05, 4.69) is 22.3 Å². The van der Waals surface area contributed by atoms with Crippen LogP contribution in [-0.2, 0) is 9.59 Å². The molecular weight excluding hydrogens is 413 g/mol. The maximum absolute atomic E-state index is 12.4. The van der Waals surface area contributed by atoms with Crippen molar-refractivity contribution in [2.75, 3.05) is 44.2 Å². The number of nitrogens with one attached hydrogen (secondary N) is 1. The first-order chi connectivity index (χ1) is 14.0. The highest BCUT2D eigenvalue weighted by Crippen LogP contribution is 2.26.